The summed E-state index contributed by atoms with van der Waals surface area (Å²) >= 11 is 0. The number of rotatable bonds is 5. The topological polar surface area (TPSA) is 19.0 Å². The van der Waals surface area contributed by atoms with E-state index >= 15 is 0 Å². The molecule has 0 aromatic rings. The van der Waals surface area contributed by atoms with Gasteiger partial charge in [-0.15, -0.1) is 0 Å². The van der Waals surface area contributed by atoms with Crippen molar-refractivity contribution in [1.29, 1.82) is 0 Å². The van der Waals surface area contributed by atoms with Crippen molar-refractivity contribution < 1.29 is 4.74 Å². The molecule has 94 valence electrons. The van der Waals surface area contributed by atoms with Crippen LogP contribution in [0.5, 0.6) is 0 Å². The average molecular weight is 227 g/mol. The molecule has 0 saturated heterocycles. The number of nitrogens with zero attached hydrogens (tertiary/aromatic N) is 3. The van der Waals surface area contributed by atoms with Crippen molar-refractivity contribution in [2.45, 2.75) is 12.7 Å². The Kier molecular flexibility index (Phi) is 6.61. The van der Waals surface area contributed by atoms with Crippen LogP contribution in [0.4, 0.5) is 0 Å². The van der Waals surface area contributed by atoms with Crippen LogP contribution in [0.1, 0.15) is 6.92 Å². The first-order chi connectivity index (χ1) is 7.39. The van der Waals surface area contributed by atoms with Gasteiger partial charge in [0.25, 0.3) is 0 Å². The molecule has 4 nitrogen and oxygen atoms in total. The molecule has 0 aliphatic rings. The van der Waals surface area contributed by atoms with E-state index in [1.807, 2.05) is 49.2 Å². The number of ether oxygens (including phenoxy) is 1. The lowest BCUT2D eigenvalue weighted by molar-refractivity contribution is -0.0572. The van der Waals surface area contributed by atoms with E-state index in [9.17, 15) is 0 Å². The van der Waals surface area contributed by atoms with E-state index in [1.54, 1.807) is 0 Å². The molecular weight excluding hydrogens is 202 g/mol. The maximum Gasteiger partial charge on any atom is 0.194 e. The van der Waals surface area contributed by atoms with Gasteiger partial charge in [-0.3, -0.25) is 14.7 Å². The summed E-state index contributed by atoms with van der Waals surface area (Å²) < 4.78 is 5.24. The number of hydrogen-bond acceptors (Lipinski definition) is 4. The predicted molar refractivity (Wildman–Crippen MR) is 68.1 cm³/mol. The second-order valence-corrected chi connectivity index (χ2v) is 4.26. The van der Waals surface area contributed by atoms with Crippen molar-refractivity contribution in [3.05, 3.63) is 0 Å². The molecule has 0 N–H and O–H groups in total. The van der Waals surface area contributed by atoms with E-state index in [0.717, 1.165) is 0 Å². The highest BCUT2D eigenvalue weighted by atomic mass is 16.5. The van der Waals surface area contributed by atoms with Crippen LogP contribution in [-0.2, 0) is 4.74 Å². The zero-order valence-corrected chi connectivity index (χ0v) is 11.7. The molecule has 0 rings (SSSR count). The van der Waals surface area contributed by atoms with E-state index in [1.165, 1.54) is 0 Å². The summed E-state index contributed by atoms with van der Waals surface area (Å²) in [7, 11) is 12.1. The van der Waals surface area contributed by atoms with Crippen molar-refractivity contribution in [3.8, 4) is 11.8 Å². The third-order valence-electron chi connectivity index (χ3n) is 2.51. The lowest BCUT2D eigenvalue weighted by Crippen LogP contribution is -2.63. The van der Waals surface area contributed by atoms with E-state index in [-0.39, 0.29) is 0 Å². The highest BCUT2D eigenvalue weighted by Crippen LogP contribution is 2.16. The SMILES string of the molecule is CCOCC#CC(N(C)C)(N(C)C)N(C)C. The molecular formula is C12H25N3O. The summed E-state index contributed by atoms with van der Waals surface area (Å²) in [6, 6.07) is 0. The van der Waals surface area contributed by atoms with Crippen molar-refractivity contribution in [1.82, 2.24) is 14.7 Å². The van der Waals surface area contributed by atoms with Crippen LogP contribution in [0.2, 0.25) is 0 Å². The molecule has 16 heavy (non-hydrogen) atoms. The predicted octanol–water partition coefficient (Wildman–Crippen LogP) is 0.365. The Morgan fingerprint density at radius 3 is 1.69 bits per heavy atom. The smallest absolute Gasteiger partial charge is 0.194 e. The maximum atomic E-state index is 5.24. The zero-order chi connectivity index (χ0) is 12.8. The van der Waals surface area contributed by atoms with Gasteiger partial charge >= 0.3 is 0 Å². The van der Waals surface area contributed by atoms with Crippen LogP contribution in [-0.4, -0.2) is 76.0 Å². The summed E-state index contributed by atoms with van der Waals surface area (Å²) in [6.45, 7) is 3.15. The van der Waals surface area contributed by atoms with Gasteiger partial charge in [-0.25, -0.2) is 0 Å². The molecule has 0 atom stereocenters. The van der Waals surface area contributed by atoms with Gasteiger partial charge in [-0.1, -0.05) is 5.92 Å². The Morgan fingerprint density at radius 2 is 1.38 bits per heavy atom. The Balaban J connectivity index is 4.95. The van der Waals surface area contributed by atoms with Gasteiger partial charge in [0.1, 0.15) is 6.61 Å². The Hall–Kier alpha value is -0.600. The van der Waals surface area contributed by atoms with Gasteiger partial charge in [0, 0.05) is 6.61 Å². The normalized spacial score (nSPS) is 12.1. The van der Waals surface area contributed by atoms with Crippen molar-refractivity contribution in [2.75, 3.05) is 55.5 Å². The molecule has 0 fully saturated rings. The third-order valence-corrected chi connectivity index (χ3v) is 2.51. The first kappa shape index (κ1) is 15.4. The molecule has 4 heteroatoms. The first-order valence-corrected chi connectivity index (χ1v) is 5.49. The van der Waals surface area contributed by atoms with Gasteiger partial charge in [0.05, 0.1) is 0 Å². The quantitative estimate of drug-likeness (QED) is 0.383. The van der Waals surface area contributed by atoms with Crippen molar-refractivity contribution >= 4 is 0 Å². The maximum absolute atomic E-state index is 5.24. The molecule has 0 bridgehead atoms. The second-order valence-electron chi connectivity index (χ2n) is 4.26. The lowest BCUT2D eigenvalue weighted by Gasteiger charge is -2.45. The standard InChI is InChI=1S/C12H25N3O/c1-8-16-11-9-10-12(13(2)3,14(4)5)15(6)7/h8,11H2,1-7H3. The molecule has 0 spiro atoms. The van der Waals surface area contributed by atoms with Crippen LogP contribution in [0, 0.1) is 11.8 Å². The monoisotopic (exact) mass is 227 g/mol. The van der Waals surface area contributed by atoms with Gasteiger partial charge in [0.15, 0.2) is 5.79 Å². The van der Waals surface area contributed by atoms with Crippen LogP contribution < -0.4 is 0 Å². The minimum Gasteiger partial charge on any atom is -0.369 e. The summed E-state index contributed by atoms with van der Waals surface area (Å²) in [6.07, 6.45) is 0. The highest BCUT2D eigenvalue weighted by molar-refractivity contribution is 5.15. The minimum atomic E-state index is -0.392. The third kappa shape index (κ3) is 3.46. The molecule has 0 aromatic heterocycles. The Bertz CT molecular complexity index is 229. The molecule has 0 saturated carbocycles. The van der Waals surface area contributed by atoms with Crippen LogP contribution in [0.25, 0.3) is 0 Å². The largest absolute Gasteiger partial charge is 0.369 e. The fourth-order valence-electron chi connectivity index (χ4n) is 1.84. The lowest BCUT2D eigenvalue weighted by atomic mass is 10.2. The van der Waals surface area contributed by atoms with E-state index in [4.69, 9.17) is 4.74 Å². The van der Waals surface area contributed by atoms with Gasteiger partial charge in [0.2, 0.25) is 0 Å². The van der Waals surface area contributed by atoms with E-state index in [0.29, 0.717) is 13.2 Å². The van der Waals surface area contributed by atoms with Crippen molar-refractivity contribution in [3.63, 3.8) is 0 Å². The van der Waals surface area contributed by atoms with Crippen LogP contribution >= 0.6 is 0 Å². The fraction of sp³-hybridized carbons (Fsp3) is 0.833. The van der Waals surface area contributed by atoms with Crippen LogP contribution in [0.3, 0.4) is 0 Å². The zero-order valence-electron chi connectivity index (χ0n) is 11.7. The molecule has 0 unspecified atom stereocenters. The van der Waals surface area contributed by atoms with Gasteiger partial charge in [-0.2, -0.15) is 0 Å². The summed E-state index contributed by atoms with van der Waals surface area (Å²) in [5.74, 6) is 5.95. The van der Waals surface area contributed by atoms with Crippen molar-refractivity contribution in [2.24, 2.45) is 0 Å². The molecule has 0 amide bonds. The summed E-state index contributed by atoms with van der Waals surface area (Å²) in [4.78, 5) is 6.27. The van der Waals surface area contributed by atoms with Crippen LogP contribution in [0.15, 0.2) is 0 Å². The molecule has 0 radical (unpaired) electrons. The number of hydrogen-bond donors (Lipinski definition) is 0. The first-order valence-electron chi connectivity index (χ1n) is 5.49. The van der Waals surface area contributed by atoms with E-state index in [2.05, 4.69) is 26.5 Å². The summed E-state index contributed by atoms with van der Waals surface area (Å²) in [5.41, 5.74) is 0. The second kappa shape index (κ2) is 6.87. The highest BCUT2D eigenvalue weighted by Gasteiger charge is 2.35. The summed E-state index contributed by atoms with van der Waals surface area (Å²) in [5, 5.41) is 0. The van der Waals surface area contributed by atoms with E-state index < -0.39 is 5.79 Å². The fourth-order valence-corrected chi connectivity index (χ4v) is 1.84. The molecule has 0 aliphatic heterocycles. The Morgan fingerprint density at radius 1 is 0.938 bits per heavy atom. The van der Waals surface area contributed by atoms with Gasteiger partial charge in [-0.05, 0) is 55.1 Å². The minimum absolute atomic E-state index is 0.392. The average Bonchev–Trinajstić information content (AvgIpc) is 2.16. The molecule has 0 aromatic carbocycles. The Labute approximate surface area is 100 Å². The molecule has 0 heterocycles. The molecule has 0 aliphatic carbocycles. The van der Waals surface area contributed by atoms with Gasteiger partial charge < -0.3 is 4.74 Å².